The number of hydrogen-bond acceptors (Lipinski definition) is 3. The average Bonchev–Trinajstić information content (AvgIpc) is 2.96. The van der Waals surface area contributed by atoms with Crippen LogP contribution >= 0.6 is 0 Å². The average molecular weight is 308 g/mol. The Balaban J connectivity index is 1.72. The smallest absolute Gasteiger partial charge is 0.226 e. The molecule has 0 radical (unpaired) electrons. The van der Waals surface area contributed by atoms with Gasteiger partial charge in [0.15, 0.2) is 11.5 Å². The maximum absolute atomic E-state index is 11.8. The second-order valence-corrected chi connectivity index (χ2v) is 5.92. The summed E-state index contributed by atoms with van der Waals surface area (Å²) in [6.45, 7) is 3.73. The Labute approximate surface area is 135 Å². The van der Waals surface area contributed by atoms with Gasteiger partial charge in [-0.15, -0.1) is 0 Å². The molecule has 3 aromatic rings. The van der Waals surface area contributed by atoms with Gasteiger partial charge in [-0.2, -0.15) is 0 Å². The van der Waals surface area contributed by atoms with Gasteiger partial charge in [0, 0.05) is 18.0 Å². The van der Waals surface area contributed by atoms with Crippen LogP contribution in [0.3, 0.4) is 0 Å². The van der Waals surface area contributed by atoms with Crippen LogP contribution in [0.15, 0.2) is 52.9 Å². The maximum Gasteiger partial charge on any atom is 0.226 e. The third kappa shape index (κ3) is 3.77. The van der Waals surface area contributed by atoms with Gasteiger partial charge in [0.2, 0.25) is 5.91 Å². The summed E-state index contributed by atoms with van der Waals surface area (Å²) in [6.07, 6.45) is 1.65. The minimum Gasteiger partial charge on any atom is -0.441 e. The molecule has 0 fully saturated rings. The number of fused-ring (bicyclic) bond motifs is 1. The molecule has 1 heterocycles. The molecule has 0 saturated heterocycles. The number of carbonyl (C=O) groups is 1. The highest BCUT2D eigenvalue weighted by atomic mass is 16.3. The Morgan fingerprint density at radius 3 is 2.65 bits per heavy atom. The van der Waals surface area contributed by atoms with Crippen LogP contribution in [0.2, 0.25) is 0 Å². The highest BCUT2D eigenvalue weighted by Crippen LogP contribution is 2.21. The fraction of sp³-hybridized carbons (Fsp3) is 0.263. The summed E-state index contributed by atoms with van der Waals surface area (Å²) in [5.74, 6) is 0.665. The van der Waals surface area contributed by atoms with Crippen LogP contribution in [0.1, 0.15) is 25.3 Å². The van der Waals surface area contributed by atoms with E-state index in [2.05, 4.69) is 22.4 Å². The lowest BCUT2D eigenvalue weighted by atomic mass is 10.1. The molecule has 1 aromatic heterocycles. The number of aromatic nitrogens is 1. The van der Waals surface area contributed by atoms with E-state index in [9.17, 15) is 4.79 Å². The third-order valence-electron chi connectivity index (χ3n) is 3.69. The van der Waals surface area contributed by atoms with Gasteiger partial charge in [-0.05, 0) is 30.2 Å². The van der Waals surface area contributed by atoms with Gasteiger partial charge >= 0.3 is 0 Å². The monoisotopic (exact) mass is 308 g/mol. The molecule has 0 saturated carbocycles. The topological polar surface area (TPSA) is 55.1 Å². The van der Waals surface area contributed by atoms with Crippen molar-refractivity contribution >= 4 is 22.7 Å². The van der Waals surface area contributed by atoms with Crippen LogP contribution in [-0.2, 0) is 17.6 Å². The number of nitrogens with zero attached hydrogens (tertiary/aromatic N) is 1. The number of amides is 1. The Kier molecular flexibility index (Phi) is 4.42. The molecule has 1 amide bonds. The molecular weight excluding hydrogens is 288 g/mol. The molecule has 0 aliphatic carbocycles. The molecular formula is C19H20N2O2. The molecule has 0 aliphatic heterocycles. The number of benzene rings is 2. The van der Waals surface area contributed by atoms with Gasteiger partial charge in [0.25, 0.3) is 0 Å². The van der Waals surface area contributed by atoms with Crippen molar-refractivity contribution < 1.29 is 9.21 Å². The zero-order valence-electron chi connectivity index (χ0n) is 13.4. The van der Waals surface area contributed by atoms with Gasteiger partial charge in [0.05, 0.1) is 0 Å². The van der Waals surface area contributed by atoms with Crippen molar-refractivity contribution in [3.8, 4) is 0 Å². The van der Waals surface area contributed by atoms with Crippen molar-refractivity contribution in [1.29, 1.82) is 0 Å². The van der Waals surface area contributed by atoms with Crippen molar-refractivity contribution in [3.05, 3.63) is 60.0 Å². The predicted octanol–water partition coefficient (Wildman–Crippen LogP) is 4.21. The quantitative estimate of drug-likeness (QED) is 0.768. The zero-order valence-corrected chi connectivity index (χ0v) is 13.4. The second kappa shape index (κ2) is 6.65. The lowest BCUT2D eigenvalue weighted by molar-refractivity contribution is -0.118. The number of carbonyl (C=O) groups excluding carboxylic acids is 1. The normalized spacial score (nSPS) is 11.1. The Hall–Kier alpha value is -2.62. The van der Waals surface area contributed by atoms with E-state index in [1.165, 1.54) is 5.56 Å². The van der Waals surface area contributed by atoms with Gasteiger partial charge in [-0.1, -0.05) is 44.2 Å². The SMILES string of the molecule is CC(C)C(=O)Nc1ccc2oc(CCc3ccccc3)nc2c1. The van der Waals surface area contributed by atoms with Crippen molar-refractivity contribution in [2.75, 3.05) is 5.32 Å². The van der Waals surface area contributed by atoms with Crippen LogP contribution in [0.5, 0.6) is 0 Å². The van der Waals surface area contributed by atoms with E-state index in [4.69, 9.17) is 4.42 Å². The van der Waals surface area contributed by atoms with Crippen LogP contribution < -0.4 is 5.32 Å². The van der Waals surface area contributed by atoms with Crippen molar-refractivity contribution in [1.82, 2.24) is 4.98 Å². The Morgan fingerprint density at radius 1 is 1.13 bits per heavy atom. The van der Waals surface area contributed by atoms with Crippen LogP contribution in [0.4, 0.5) is 5.69 Å². The zero-order chi connectivity index (χ0) is 16.2. The van der Waals surface area contributed by atoms with Gasteiger partial charge < -0.3 is 9.73 Å². The molecule has 2 aromatic carbocycles. The summed E-state index contributed by atoms with van der Waals surface area (Å²) < 4.78 is 5.77. The number of nitrogens with one attached hydrogen (secondary N) is 1. The molecule has 0 bridgehead atoms. The van der Waals surface area contributed by atoms with Gasteiger partial charge in [-0.25, -0.2) is 4.98 Å². The van der Waals surface area contributed by atoms with E-state index in [0.717, 1.165) is 35.5 Å². The summed E-state index contributed by atoms with van der Waals surface area (Å²) in [5, 5.41) is 2.88. The third-order valence-corrected chi connectivity index (χ3v) is 3.69. The number of rotatable bonds is 5. The molecule has 4 heteroatoms. The fourth-order valence-electron chi connectivity index (χ4n) is 2.34. The van der Waals surface area contributed by atoms with E-state index in [0.29, 0.717) is 0 Å². The minimum absolute atomic E-state index is 0.00264. The Morgan fingerprint density at radius 2 is 1.91 bits per heavy atom. The first-order valence-electron chi connectivity index (χ1n) is 7.86. The minimum atomic E-state index is -0.0514. The molecule has 23 heavy (non-hydrogen) atoms. The van der Waals surface area contributed by atoms with E-state index in [1.807, 2.05) is 50.2 Å². The van der Waals surface area contributed by atoms with Crippen LogP contribution in [0, 0.1) is 5.92 Å². The first kappa shape index (κ1) is 15.3. The molecule has 1 N–H and O–H groups in total. The summed E-state index contributed by atoms with van der Waals surface area (Å²) in [7, 11) is 0. The summed E-state index contributed by atoms with van der Waals surface area (Å²) in [4.78, 5) is 16.3. The van der Waals surface area contributed by atoms with Crippen LogP contribution in [-0.4, -0.2) is 10.9 Å². The number of hydrogen-bond donors (Lipinski definition) is 1. The molecule has 0 atom stereocenters. The van der Waals surface area contributed by atoms with Crippen molar-refractivity contribution in [3.63, 3.8) is 0 Å². The standard InChI is InChI=1S/C19H20N2O2/c1-13(2)19(22)20-15-9-10-17-16(12-15)21-18(23-17)11-8-14-6-4-3-5-7-14/h3-7,9-10,12-13H,8,11H2,1-2H3,(H,20,22). The van der Waals surface area contributed by atoms with E-state index in [1.54, 1.807) is 0 Å². The summed E-state index contributed by atoms with van der Waals surface area (Å²) in [6, 6.07) is 15.8. The lowest BCUT2D eigenvalue weighted by Crippen LogP contribution is -2.17. The lowest BCUT2D eigenvalue weighted by Gasteiger charge is -2.06. The second-order valence-electron chi connectivity index (χ2n) is 5.92. The number of oxazole rings is 1. The van der Waals surface area contributed by atoms with E-state index >= 15 is 0 Å². The molecule has 4 nitrogen and oxygen atoms in total. The highest BCUT2D eigenvalue weighted by Gasteiger charge is 2.10. The van der Waals surface area contributed by atoms with Crippen molar-refractivity contribution in [2.45, 2.75) is 26.7 Å². The van der Waals surface area contributed by atoms with Gasteiger partial charge in [0.1, 0.15) is 5.52 Å². The van der Waals surface area contributed by atoms with Crippen LogP contribution in [0.25, 0.3) is 11.1 Å². The first-order chi connectivity index (χ1) is 11.1. The fourth-order valence-corrected chi connectivity index (χ4v) is 2.34. The molecule has 0 spiro atoms. The Bertz CT molecular complexity index is 807. The highest BCUT2D eigenvalue weighted by molar-refractivity contribution is 5.93. The van der Waals surface area contributed by atoms with E-state index < -0.39 is 0 Å². The number of anilines is 1. The predicted molar refractivity (Wildman–Crippen MR) is 91.3 cm³/mol. The van der Waals surface area contributed by atoms with E-state index in [-0.39, 0.29) is 11.8 Å². The molecule has 3 rings (SSSR count). The molecule has 0 unspecified atom stereocenters. The summed E-state index contributed by atoms with van der Waals surface area (Å²) >= 11 is 0. The first-order valence-corrected chi connectivity index (χ1v) is 7.86. The van der Waals surface area contributed by atoms with Gasteiger partial charge in [-0.3, -0.25) is 4.79 Å². The summed E-state index contributed by atoms with van der Waals surface area (Å²) in [5.41, 5.74) is 3.53. The largest absolute Gasteiger partial charge is 0.441 e. The molecule has 0 aliphatic rings. The number of aryl methyl sites for hydroxylation is 2. The molecule has 118 valence electrons. The van der Waals surface area contributed by atoms with Crippen molar-refractivity contribution in [2.24, 2.45) is 5.92 Å². The maximum atomic E-state index is 11.8.